The SMILES string of the molecule is CCOC[C@H](Oc1nc(-c2ccccc2Cl)nc2[nH]ncc12)C(=O)Nc1cnc(C)cn1. The number of nitrogens with one attached hydrogen (secondary N) is 2. The van der Waals surface area contributed by atoms with Crippen molar-refractivity contribution >= 4 is 34.4 Å². The van der Waals surface area contributed by atoms with E-state index < -0.39 is 12.0 Å². The summed E-state index contributed by atoms with van der Waals surface area (Å²) in [7, 11) is 0. The normalized spacial score (nSPS) is 12.0. The van der Waals surface area contributed by atoms with Crippen LogP contribution in [0.3, 0.4) is 0 Å². The summed E-state index contributed by atoms with van der Waals surface area (Å²) in [6.45, 7) is 4.05. The van der Waals surface area contributed by atoms with Gasteiger partial charge < -0.3 is 14.8 Å². The maximum Gasteiger partial charge on any atom is 0.269 e. The number of anilines is 1. The van der Waals surface area contributed by atoms with E-state index in [0.717, 1.165) is 5.69 Å². The Bertz CT molecular complexity index is 1230. The molecule has 10 nitrogen and oxygen atoms in total. The fourth-order valence-electron chi connectivity index (χ4n) is 2.85. The summed E-state index contributed by atoms with van der Waals surface area (Å²) in [5.41, 5.74) is 1.81. The van der Waals surface area contributed by atoms with E-state index in [1.165, 1.54) is 12.4 Å². The second-order valence-electron chi connectivity index (χ2n) is 6.76. The van der Waals surface area contributed by atoms with Gasteiger partial charge in [0.15, 0.2) is 17.3 Å². The van der Waals surface area contributed by atoms with Crippen molar-refractivity contribution in [2.45, 2.75) is 20.0 Å². The second-order valence-corrected chi connectivity index (χ2v) is 7.17. The molecule has 0 saturated heterocycles. The third kappa shape index (κ3) is 4.82. The summed E-state index contributed by atoms with van der Waals surface area (Å²) >= 11 is 6.32. The number of halogens is 1. The highest BCUT2D eigenvalue weighted by Gasteiger charge is 2.24. The molecule has 1 atom stereocenters. The lowest BCUT2D eigenvalue weighted by molar-refractivity contribution is -0.125. The fraction of sp³-hybridized carbons (Fsp3) is 0.238. The smallest absolute Gasteiger partial charge is 0.269 e. The van der Waals surface area contributed by atoms with E-state index in [2.05, 4.69) is 35.5 Å². The van der Waals surface area contributed by atoms with E-state index in [1.54, 1.807) is 25.3 Å². The number of carbonyl (C=O) groups is 1. The highest BCUT2D eigenvalue weighted by atomic mass is 35.5. The summed E-state index contributed by atoms with van der Waals surface area (Å²) in [6, 6.07) is 7.18. The van der Waals surface area contributed by atoms with Gasteiger partial charge in [-0.2, -0.15) is 10.1 Å². The molecule has 0 fully saturated rings. The summed E-state index contributed by atoms with van der Waals surface area (Å²) in [4.78, 5) is 30.2. The molecule has 0 bridgehead atoms. The number of aromatic nitrogens is 6. The number of aryl methyl sites for hydroxylation is 1. The summed E-state index contributed by atoms with van der Waals surface area (Å²) in [5, 5.41) is 10.5. The van der Waals surface area contributed by atoms with Crippen LogP contribution in [0.15, 0.2) is 42.9 Å². The van der Waals surface area contributed by atoms with Gasteiger partial charge in [-0.25, -0.2) is 9.97 Å². The van der Waals surface area contributed by atoms with E-state index in [0.29, 0.717) is 39.9 Å². The van der Waals surface area contributed by atoms with Gasteiger partial charge in [-0.05, 0) is 26.0 Å². The topological polar surface area (TPSA) is 128 Å². The Morgan fingerprint density at radius 3 is 2.78 bits per heavy atom. The molecule has 0 aliphatic rings. The zero-order chi connectivity index (χ0) is 22.5. The molecule has 4 aromatic rings. The van der Waals surface area contributed by atoms with Gasteiger partial charge in [0.25, 0.3) is 5.91 Å². The molecule has 0 spiro atoms. The Hall–Kier alpha value is -3.63. The summed E-state index contributed by atoms with van der Waals surface area (Å²) in [6.07, 6.45) is 3.55. The largest absolute Gasteiger partial charge is 0.461 e. The van der Waals surface area contributed by atoms with Crippen LogP contribution < -0.4 is 10.1 Å². The first-order chi connectivity index (χ1) is 15.5. The van der Waals surface area contributed by atoms with Crippen molar-refractivity contribution in [3.8, 4) is 17.3 Å². The predicted molar refractivity (Wildman–Crippen MR) is 118 cm³/mol. The lowest BCUT2D eigenvalue weighted by Gasteiger charge is -2.18. The molecule has 32 heavy (non-hydrogen) atoms. The Morgan fingerprint density at radius 2 is 2.03 bits per heavy atom. The first-order valence-electron chi connectivity index (χ1n) is 9.85. The Labute approximate surface area is 188 Å². The summed E-state index contributed by atoms with van der Waals surface area (Å²) in [5.74, 6) is 0.362. The van der Waals surface area contributed by atoms with E-state index in [1.807, 2.05) is 19.1 Å². The van der Waals surface area contributed by atoms with Gasteiger partial charge in [-0.3, -0.25) is 14.9 Å². The van der Waals surface area contributed by atoms with Crippen LogP contribution in [0.25, 0.3) is 22.4 Å². The van der Waals surface area contributed by atoms with Crippen molar-refractivity contribution in [1.82, 2.24) is 30.1 Å². The Balaban J connectivity index is 1.66. The second kappa shape index (κ2) is 9.67. The quantitative estimate of drug-likeness (QED) is 0.416. The van der Waals surface area contributed by atoms with Crippen LogP contribution >= 0.6 is 11.6 Å². The van der Waals surface area contributed by atoms with Crippen LogP contribution in [0.2, 0.25) is 5.02 Å². The molecule has 0 saturated carbocycles. The molecule has 0 unspecified atom stereocenters. The maximum atomic E-state index is 12.9. The number of ether oxygens (including phenoxy) is 2. The van der Waals surface area contributed by atoms with Crippen molar-refractivity contribution < 1.29 is 14.3 Å². The predicted octanol–water partition coefficient (Wildman–Crippen LogP) is 3.19. The lowest BCUT2D eigenvalue weighted by atomic mass is 10.2. The Morgan fingerprint density at radius 1 is 1.19 bits per heavy atom. The first-order valence-corrected chi connectivity index (χ1v) is 10.2. The number of aromatic amines is 1. The van der Waals surface area contributed by atoms with Gasteiger partial charge >= 0.3 is 0 Å². The molecule has 3 heterocycles. The van der Waals surface area contributed by atoms with Crippen LogP contribution in [-0.2, 0) is 9.53 Å². The van der Waals surface area contributed by atoms with Crippen LogP contribution in [0, 0.1) is 6.92 Å². The van der Waals surface area contributed by atoms with Gasteiger partial charge in [0.2, 0.25) is 12.0 Å². The standard InChI is InChI=1S/C21H20ClN7O3/c1-3-31-11-16(20(30)26-17-10-23-12(2)8-24-17)32-21-14-9-25-29-19(14)27-18(28-21)13-6-4-5-7-15(13)22/h4-10,16H,3,11H2,1-2H3,(H,24,26,30)(H,25,27,28,29)/t16-/m0/s1. The molecule has 1 aromatic carbocycles. The van der Waals surface area contributed by atoms with Gasteiger partial charge in [-0.15, -0.1) is 0 Å². The third-order valence-electron chi connectivity index (χ3n) is 4.44. The average molecular weight is 454 g/mol. The molecular formula is C21H20ClN7O3. The molecule has 3 aromatic heterocycles. The average Bonchev–Trinajstić information content (AvgIpc) is 3.27. The van der Waals surface area contributed by atoms with Gasteiger partial charge in [0, 0.05) is 12.2 Å². The van der Waals surface area contributed by atoms with Gasteiger partial charge in [-0.1, -0.05) is 23.7 Å². The zero-order valence-electron chi connectivity index (χ0n) is 17.4. The Kier molecular flexibility index (Phi) is 6.52. The molecule has 0 aliphatic heterocycles. The van der Waals surface area contributed by atoms with Crippen molar-refractivity contribution in [2.75, 3.05) is 18.5 Å². The van der Waals surface area contributed by atoms with Crippen molar-refractivity contribution in [3.63, 3.8) is 0 Å². The first kappa shape index (κ1) is 21.6. The van der Waals surface area contributed by atoms with Gasteiger partial charge in [0.05, 0.1) is 35.9 Å². The minimum absolute atomic E-state index is 0.00635. The summed E-state index contributed by atoms with van der Waals surface area (Å²) < 4.78 is 11.5. The maximum absolute atomic E-state index is 12.9. The van der Waals surface area contributed by atoms with Crippen molar-refractivity contribution in [2.24, 2.45) is 0 Å². The zero-order valence-corrected chi connectivity index (χ0v) is 18.1. The number of fused-ring (bicyclic) bond motifs is 1. The highest BCUT2D eigenvalue weighted by Crippen LogP contribution is 2.30. The number of nitrogens with zero attached hydrogens (tertiary/aromatic N) is 5. The molecule has 11 heteroatoms. The fourth-order valence-corrected chi connectivity index (χ4v) is 3.07. The molecule has 164 valence electrons. The number of hydrogen-bond donors (Lipinski definition) is 2. The van der Waals surface area contributed by atoms with Crippen molar-refractivity contribution in [3.05, 3.63) is 53.6 Å². The molecule has 0 aliphatic carbocycles. The number of hydrogen-bond acceptors (Lipinski definition) is 8. The number of amides is 1. The van der Waals surface area contributed by atoms with E-state index >= 15 is 0 Å². The van der Waals surface area contributed by atoms with Crippen LogP contribution in [-0.4, -0.2) is 55.4 Å². The molecule has 4 rings (SSSR count). The van der Waals surface area contributed by atoms with Crippen molar-refractivity contribution in [1.29, 1.82) is 0 Å². The van der Waals surface area contributed by atoms with E-state index in [9.17, 15) is 4.79 Å². The van der Waals surface area contributed by atoms with Crippen LogP contribution in [0.1, 0.15) is 12.6 Å². The number of rotatable bonds is 8. The molecular weight excluding hydrogens is 434 g/mol. The van der Waals surface area contributed by atoms with Crippen LogP contribution in [0.4, 0.5) is 5.82 Å². The molecule has 2 N–H and O–H groups in total. The van der Waals surface area contributed by atoms with Gasteiger partial charge in [0.1, 0.15) is 5.39 Å². The third-order valence-corrected chi connectivity index (χ3v) is 4.77. The van der Waals surface area contributed by atoms with Crippen LogP contribution in [0.5, 0.6) is 5.88 Å². The molecule has 0 radical (unpaired) electrons. The monoisotopic (exact) mass is 453 g/mol. The number of H-pyrrole nitrogens is 1. The highest BCUT2D eigenvalue weighted by molar-refractivity contribution is 6.33. The lowest BCUT2D eigenvalue weighted by Crippen LogP contribution is -2.37. The number of benzene rings is 1. The molecule has 1 amide bonds. The minimum atomic E-state index is -1.01. The number of carbonyl (C=O) groups excluding carboxylic acids is 1. The van der Waals surface area contributed by atoms with E-state index in [-0.39, 0.29) is 12.5 Å². The minimum Gasteiger partial charge on any atom is -0.461 e. The van der Waals surface area contributed by atoms with E-state index in [4.69, 9.17) is 21.1 Å².